The zero-order valence-electron chi connectivity index (χ0n) is 21.8. The minimum atomic E-state index is 0.313. The number of halogens is 1. The SMILES string of the molecule is CCC(C)C(c1ccc(C#N)c(-c2ccccc2C)c1)c1cncs1.CCc1cnc(CC)c(Cl)c1. The number of nitriles is 1. The molecule has 0 bridgehead atoms. The van der Waals surface area contributed by atoms with Crippen LogP contribution < -0.4 is 0 Å². The Morgan fingerprint density at radius 1 is 1.00 bits per heavy atom. The van der Waals surface area contributed by atoms with Crippen molar-refractivity contribution in [2.45, 2.75) is 59.8 Å². The average molecular weight is 516 g/mol. The molecule has 0 fully saturated rings. The van der Waals surface area contributed by atoms with E-state index in [1.807, 2.05) is 42.2 Å². The Hall–Kier alpha value is -3.00. The van der Waals surface area contributed by atoms with Crippen molar-refractivity contribution in [1.29, 1.82) is 5.26 Å². The fourth-order valence-corrected chi connectivity index (χ4v) is 5.50. The second kappa shape index (κ2) is 13.3. The molecule has 5 heteroatoms. The van der Waals surface area contributed by atoms with Crippen LogP contribution in [0.3, 0.4) is 0 Å². The molecule has 0 N–H and O–H groups in total. The number of hydrogen-bond acceptors (Lipinski definition) is 4. The molecule has 4 aromatic rings. The van der Waals surface area contributed by atoms with E-state index in [0.29, 0.717) is 11.8 Å². The van der Waals surface area contributed by atoms with Crippen LogP contribution in [0, 0.1) is 24.2 Å². The van der Waals surface area contributed by atoms with Crippen LogP contribution in [0.25, 0.3) is 11.1 Å². The number of nitrogens with zero attached hydrogens (tertiary/aromatic N) is 3. The molecular formula is C31H34ClN3S. The summed E-state index contributed by atoms with van der Waals surface area (Å²) in [7, 11) is 0. The summed E-state index contributed by atoms with van der Waals surface area (Å²) in [5.41, 5.74) is 9.42. The van der Waals surface area contributed by atoms with Gasteiger partial charge in [0.05, 0.1) is 27.9 Å². The number of aryl methyl sites for hydroxylation is 3. The molecule has 186 valence electrons. The van der Waals surface area contributed by atoms with E-state index in [4.69, 9.17) is 11.6 Å². The molecule has 0 aliphatic rings. The van der Waals surface area contributed by atoms with Gasteiger partial charge < -0.3 is 0 Å². The molecule has 3 nitrogen and oxygen atoms in total. The van der Waals surface area contributed by atoms with Crippen LogP contribution >= 0.6 is 22.9 Å². The van der Waals surface area contributed by atoms with Crippen molar-refractivity contribution >= 4 is 22.9 Å². The van der Waals surface area contributed by atoms with Gasteiger partial charge in [-0.1, -0.05) is 76.0 Å². The summed E-state index contributed by atoms with van der Waals surface area (Å²) in [6.45, 7) is 10.8. The van der Waals surface area contributed by atoms with E-state index in [0.717, 1.165) is 46.7 Å². The van der Waals surface area contributed by atoms with Gasteiger partial charge in [-0.2, -0.15) is 5.26 Å². The highest BCUT2D eigenvalue weighted by Gasteiger charge is 2.23. The zero-order chi connectivity index (χ0) is 26.1. The lowest BCUT2D eigenvalue weighted by molar-refractivity contribution is 0.501. The Morgan fingerprint density at radius 2 is 1.78 bits per heavy atom. The highest BCUT2D eigenvalue weighted by molar-refractivity contribution is 7.09. The normalized spacial score (nSPS) is 12.2. The number of thiazole rings is 1. The van der Waals surface area contributed by atoms with Crippen LogP contribution in [-0.4, -0.2) is 9.97 Å². The molecule has 0 aliphatic carbocycles. The van der Waals surface area contributed by atoms with Crippen molar-refractivity contribution in [3.05, 3.63) is 104 Å². The number of hydrogen-bond donors (Lipinski definition) is 0. The number of rotatable bonds is 7. The maximum Gasteiger partial charge on any atom is 0.0998 e. The summed E-state index contributed by atoms with van der Waals surface area (Å²) < 4.78 is 0. The molecule has 36 heavy (non-hydrogen) atoms. The number of aromatic nitrogens is 2. The van der Waals surface area contributed by atoms with Crippen LogP contribution in [0.4, 0.5) is 0 Å². The summed E-state index contributed by atoms with van der Waals surface area (Å²) in [6, 6.07) is 18.9. The molecule has 2 aromatic carbocycles. The van der Waals surface area contributed by atoms with Crippen molar-refractivity contribution in [3.63, 3.8) is 0 Å². The molecule has 0 radical (unpaired) electrons. The van der Waals surface area contributed by atoms with Gasteiger partial charge in [0.15, 0.2) is 0 Å². The van der Waals surface area contributed by atoms with Crippen molar-refractivity contribution < 1.29 is 0 Å². The maximum absolute atomic E-state index is 9.58. The molecular weight excluding hydrogens is 482 g/mol. The molecule has 2 atom stereocenters. The molecule has 2 aromatic heterocycles. The lowest BCUT2D eigenvalue weighted by Gasteiger charge is -2.23. The summed E-state index contributed by atoms with van der Waals surface area (Å²) in [6.07, 6.45) is 6.87. The van der Waals surface area contributed by atoms with Crippen LogP contribution in [-0.2, 0) is 12.8 Å². The van der Waals surface area contributed by atoms with Crippen molar-refractivity contribution in [2.75, 3.05) is 0 Å². The molecule has 2 unspecified atom stereocenters. The van der Waals surface area contributed by atoms with E-state index in [9.17, 15) is 5.26 Å². The Bertz CT molecular complexity index is 1310. The van der Waals surface area contributed by atoms with Crippen molar-refractivity contribution in [3.8, 4) is 17.2 Å². The third-order valence-electron chi connectivity index (χ3n) is 6.65. The van der Waals surface area contributed by atoms with Gasteiger partial charge in [-0.3, -0.25) is 9.97 Å². The Labute approximate surface area is 224 Å². The van der Waals surface area contributed by atoms with Crippen molar-refractivity contribution in [2.24, 2.45) is 5.92 Å². The Morgan fingerprint density at radius 3 is 2.36 bits per heavy atom. The highest BCUT2D eigenvalue weighted by Crippen LogP contribution is 2.38. The summed E-state index contributed by atoms with van der Waals surface area (Å²) in [5, 5.41) is 10.4. The van der Waals surface area contributed by atoms with Crippen LogP contribution in [0.15, 0.2) is 66.4 Å². The van der Waals surface area contributed by atoms with E-state index in [2.05, 4.69) is 74.9 Å². The first kappa shape index (κ1) is 27.6. The molecule has 0 aliphatic heterocycles. The largest absolute Gasteiger partial charge is 0.259 e. The third-order valence-corrected chi connectivity index (χ3v) is 7.83. The average Bonchev–Trinajstić information content (AvgIpc) is 3.43. The summed E-state index contributed by atoms with van der Waals surface area (Å²) in [5.74, 6) is 0.825. The maximum atomic E-state index is 9.58. The topological polar surface area (TPSA) is 49.6 Å². The molecule has 0 spiro atoms. The predicted octanol–water partition coefficient (Wildman–Crippen LogP) is 9.03. The van der Waals surface area contributed by atoms with E-state index < -0.39 is 0 Å². The summed E-state index contributed by atoms with van der Waals surface area (Å²) in [4.78, 5) is 9.80. The van der Waals surface area contributed by atoms with Gasteiger partial charge >= 0.3 is 0 Å². The fraction of sp³-hybridized carbons (Fsp3) is 0.323. The standard InChI is InChI=1S/C22H22N2S.C9H12ClN/c1-4-15(2)22(21-13-24-14-25-21)17-9-10-18(12-23)20(11-17)19-8-6-5-7-16(19)3;1-3-7-5-8(10)9(4-2)11-6-7/h5-11,13-15,22H,4H2,1-3H3;5-6H,3-4H2,1-2H3. The summed E-state index contributed by atoms with van der Waals surface area (Å²) >= 11 is 7.65. The van der Waals surface area contributed by atoms with Gasteiger partial charge in [-0.15, -0.1) is 11.3 Å². The number of benzene rings is 2. The van der Waals surface area contributed by atoms with Crippen molar-refractivity contribution in [1.82, 2.24) is 9.97 Å². The van der Waals surface area contributed by atoms with E-state index >= 15 is 0 Å². The van der Waals surface area contributed by atoms with Gasteiger partial charge in [-0.25, -0.2) is 0 Å². The molecule has 2 heterocycles. The molecule has 0 saturated carbocycles. The highest BCUT2D eigenvalue weighted by atomic mass is 35.5. The smallest absolute Gasteiger partial charge is 0.0998 e. The Balaban J connectivity index is 0.000000275. The quantitative estimate of drug-likeness (QED) is 0.246. The zero-order valence-corrected chi connectivity index (χ0v) is 23.3. The second-order valence-electron chi connectivity index (χ2n) is 8.98. The second-order valence-corrected chi connectivity index (χ2v) is 10.3. The first-order valence-electron chi connectivity index (χ1n) is 12.5. The van der Waals surface area contributed by atoms with Gasteiger partial charge in [0, 0.05) is 23.2 Å². The molecule has 0 amide bonds. The lowest BCUT2D eigenvalue weighted by Crippen LogP contribution is -2.10. The minimum absolute atomic E-state index is 0.313. The van der Waals surface area contributed by atoms with Gasteiger partial charge in [0.1, 0.15) is 0 Å². The first-order valence-corrected chi connectivity index (χ1v) is 13.8. The lowest BCUT2D eigenvalue weighted by atomic mass is 9.82. The predicted molar refractivity (Wildman–Crippen MR) is 153 cm³/mol. The minimum Gasteiger partial charge on any atom is -0.259 e. The van der Waals surface area contributed by atoms with E-state index in [1.54, 1.807) is 11.3 Å². The van der Waals surface area contributed by atoms with Crippen LogP contribution in [0.2, 0.25) is 5.02 Å². The fourth-order valence-electron chi connectivity index (χ4n) is 4.30. The Kier molecular flexibility index (Phi) is 10.2. The number of pyridine rings is 1. The van der Waals surface area contributed by atoms with Crippen LogP contribution in [0.1, 0.15) is 72.9 Å². The van der Waals surface area contributed by atoms with E-state index in [1.165, 1.54) is 21.6 Å². The van der Waals surface area contributed by atoms with Crippen LogP contribution in [0.5, 0.6) is 0 Å². The van der Waals surface area contributed by atoms with Gasteiger partial charge in [0.25, 0.3) is 0 Å². The monoisotopic (exact) mass is 515 g/mol. The van der Waals surface area contributed by atoms with E-state index in [-0.39, 0.29) is 0 Å². The van der Waals surface area contributed by atoms with Gasteiger partial charge in [-0.05, 0) is 71.7 Å². The molecule has 4 rings (SSSR count). The first-order chi connectivity index (χ1) is 17.4. The molecule has 0 saturated heterocycles. The third kappa shape index (κ3) is 6.60. The van der Waals surface area contributed by atoms with Gasteiger partial charge in [0.2, 0.25) is 0 Å².